The van der Waals surface area contributed by atoms with E-state index in [-0.39, 0.29) is 11.6 Å². The van der Waals surface area contributed by atoms with Crippen LogP contribution >= 0.6 is 39.0 Å². The molecule has 1 aromatic carbocycles. The van der Waals surface area contributed by atoms with Gasteiger partial charge in [0, 0.05) is 17.0 Å². The molecular weight excluding hydrogens is 418 g/mol. The van der Waals surface area contributed by atoms with Crippen LogP contribution in [0.15, 0.2) is 45.1 Å². The largest absolute Gasteiger partial charge is 0.279 e. The summed E-state index contributed by atoms with van der Waals surface area (Å²) in [7, 11) is 0. The Balaban J connectivity index is 1.85. The Morgan fingerprint density at radius 1 is 1.21 bits per heavy atom. The molecule has 2 aromatic rings. The molecule has 2 rings (SSSR count). The number of nitro groups is 1. The highest BCUT2D eigenvalue weighted by Crippen LogP contribution is 2.25. The first-order valence-electron chi connectivity index (χ1n) is 6.63. The number of benzene rings is 1. The predicted molar refractivity (Wildman–Crippen MR) is 96.0 cm³/mol. The number of carbonyl (C=O) groups is 2. The molecule has 0 bridgehead atoms. The molecule has 2 N–H and O–H groups in total. The van der Waals surface area contributed by atoms with E-state index in [0.29, 0.717) is 4.88 Å². The number of hydrogen-bond donors (Lipinski definition) is 2. The molecule has 7 nitrogen and oxygen atoms in total. The number of hydrazine groups is 1. The van der Waals surface area contributed by atoms with Crippen molar-refractivity contribution < 1.29 is 14.5 Å². The van der Waals surface area contributed by atoms with Crippen molar-refractivity contribution in [2.45, 2.75) is 17.1 Å². The van der Waals surface area contributed by atoms with E-state index in [1.165, 1.54) is 35.2 Å². The van der Waals surface area contributed by atoms with E-state index in [1.807, 2.05) is 0 Å². The van der Waals surface area contributed by atoms with Crippen molar-refractivity contribution in [3.63, 3.8) is 0 Å². The van der Waals surface area contributed by atoms with E-state index < -0.39 is 16.1 Å². The quantitative estimate of drug-likeness (QED) is 0.430. The van der Waals surface area contributed by atoms with Crippen LogP contribution in [0.4, 0.5) is 5.69 Å². The smallest absolute Gasteiger partial charge is 0.272 e. The minimum atomic E-state index is -0.484. The second-order valence-corrected chi connectivity index (χ2v) is 8.44. The lowest BCUT2D eigenvalue weighted by atomic mass is 10.3. The molecule has 1 unspecified atom stereocenters. The molecule has 126 valence electrons. The van der Waals surface area contributed by atoms with Crippen LogP contribution in [0.3, 0.4) is 0 Å². The van der Waals surface area contributed by atoms with Gasteiger partial charge in [0.15, 0.2) is 0 Å². The molecule has 0 radical (unpaired) electrons. The third-order valence-electron chi connectivity index (χ3n) is 2.83. The summed E-state index contributed by atoms with van der Waals surface area (Å²) in [6, 6.07) is 9.30. The van der Waals surface area contributed by atoms with Gasteiger partial charge in [0.2, 0.25) is 0 Å². The zero-order chi connectivity index (χ0) is 17.7. The Morgan fingerprint density at radius 2 is 1.88 bits per heavy atom. The van der Waals surface area contributed by atoms with Gasteiger partial charge in [0.05, 0.1) is 18.8 Å². The van der Waals surface area contributed by atoms with E-state index in [9.17, 15) is 19.7 Å². The van der Waals surface area contributed by atoms with Gasteiger partial charge < -0.3 is 0 Å². The number of thiophene rings is 1. The molecule has 0 aliphatic carbocycles. The number of halogens is 1. The summed E-state index contributed by atoms with van der Waals surface area (Å²) in [6.45, 7) is 1.68. The Hall–Kier alpha value is -1.91. The molecule has 0 saturated heterocycles. The molecule has 1 atom stereocenters. The summed E-state index contributed by atoms with van der Waals surface area (Å²) in [4.78, 5) is 35.1. The van der Waals surface area contributed by atoms with Crippen LogP contribution < -0.4 is 10.9 Å². The second-order valence-electron chi connectivity index (χ2n) is 4.56. The summed E-state index contributed by atoms with van der Waals surface area (Å²) in [5.41, 5.74) is 4.71. The first-order chi connectivity index (χ1) is 11.4. The lowest BCUT2D eigenvalue weighted by Gasteiger charge is -2.12. The zero-order valence-corrected chi connectivity index (χ0v) is 15.5. The molecule has 1 aromatic heterocycles. The monoisotopic (exact) mass is 429 g/mol. The van der Waals surface area contributed by atoms with Crippen LogP contribution in [0, 0.1) is 10.1 Å². The van der Waals surface area contributed by atoms with Crippen molar-refractivity contribution in [1.29, 1.82) is 0 Å². The predicted octanol–water partition coefficient (Wildman–Crippen LogP) is 3.36. The van der Waals surface area contributed by atoms with Crippen molar-refractivity contribution >= 4 is 56.5 Å². The van der Waals surface area contributed by atoms with Crippen LogP contribution in [0.1, 0.15) is 16.6 Å². The zero-order valence-electron chi connectivity index (χ0n) is 12.3. The number of amides is 2. The van der Waals surface area contributed by atoms with Gasteiger partial charge in [-0.05, 0) is 47.1 Å². The molecule has 0 spiro atoms. The summed E-state index contributed by atoms with van der Waals surface area (Å²) in [6.07, 6.45) is 0. The lowest BCUT2D eigenvalue weighted by molar-refractivity contribution is -0.384. The number of non-ortho nitro benzene ring substituents is 1. The van der Waals surface area contributed by atoms with Crippen molar-refractivity contribution in [3.05, 3.63) is 55.2 Å². The maximum absolute atomic E-state index is 12.0. The van der Waals surface area contributed by atoms with Gasteiger partial charge >= 0.3 is 0 Å². The fourth-order valence-corrected chi connectivity index (χ4v) is 3.77. The molecule has 24 heavy (non-hydrogen) atoms. The van der Waals surface area contributed by atoms with Crippen LogP contribution in [-0.2, 0) is 4.79 Å². The maximum Gasteiger partial charge on any atom is 0.279 e. The molecule has 0 fully saturated rings. The summed E-state index contributed by atoms with van der Waals surface area (Å²) in [5.74, 6) is -0.770. The van der Waals surface area contributed by atoms with Gasteiger partial charge in [-0.2, -0.15) is 0 Å². The first kappa shape index (κ1) is 18.4. The molecule has 0 saturated carbocycles. The third kappa shape index (κ3) is 5.05. The number of nitro benzene ring substituents is 1. The molecule has 0 aliphatic heterocycles. The Bertz CT molecular complexity index is 764. The topological polar surface area (TPSA) is 101 Å². The number of carbonyl (C=O) groups excluding carboxylic acids is 2. The van der Waals surface area contributed by atoms with Crippen molar-refractivity contribution in [2.75, 3.05) is 0 Å². The minimum absolute atomic E-state index is 0.00849. The Kier molecular flexibility index (Phi) is 6.35. The van der Waals surface area contributed by atoms with E-state index in [4.69, 9.17) is 0 Å². The normalized spacial score (nSPS) is 11.6. The first-order valence-corrected chi connectivity index (χ1v) is 9.12. The van der Waals surface area contributed by atoms with E-state index >= 15 is 0 Å². The maximum atomic E-state index is 12.0. The fraction of sp³-hybridized carbons (Fsp3) is 0.143. The molecule has 2 amide bonds. The third-order valence-corrected chi connectivity index (χ3v) is 5.56. The Labute approximate surface area is 154 Å². The number of nitrogens with zero attached hydrogens (tertiary/aromatic N) is 1. The van der Waals surface area contributed by atoms with E-state index in [0.717, 1.165) is 8.68 Å². The second kappa shape index (κ2) is 8.27. The molecule has 0 aliphatic rings. The lowest BCUT2D eigenvalue weighted by Crippen LogP contribution is -2.44. The average molecular weight is 430 g/mol. The molecule has 1 heterocycles. The van der Waals surface area contributed by atoms with Gasteiger partial charge in [-0.25, -0.2) is 0 Å². The summed E-state index contributed by atoms with van der Waals surface area (Å²) < 4.78 is 0.820. The Morgan fingerprint density at radius 3 is 2.42 bits per heavy atom. The van der Waals surface area contributed by atoms with E-state index in [1.54, 1.807) is 31.2 Å². The number of nitrogens with one attached hydrogen (secondary N) is 2. The van der Waals surface area contributed by atoms with Crippen molar-refractivity contribution in [2.24, 2.45) is 0 Å². The molecule has 10 heteroatoms. The highest BCUT2D eigenvalue weighted by Gasteiger charge is 2.16. The highest BCUT2D eigenvalue weighted by atomic mass is 79.9. The van der Waals surface area contributed by atoms with Crippen LogP contribution in [-0.4, -0.2) is 22.0 Å². The van der Waals surface area contributed by atoms with Crippen molar-refractivity contribution in [1.82, 2.24) is 10.9 Å². The van der Waals surface area contributed by atoms with Gasteiger partial charge in [-0.3, -0.25) is 30.6 Å². The van der Waals surface area contributed by atoms with Crippen molar-refractivity contribution in [3.8, 4) is 0 Å². The number of thioether (sulfide) groups is 1. The van der Waals surface area contributed by atoms with Gasteiger partial charge in [-0.1, -0.05) is 0 Å². The minimum Gasteiger partial charge on any atom is -0.272 e. The van der Waals surface area contributed by atoms with Crippen LogP contribution in [0.2, 0.25) is 0 Å². The molecular formula is C14H12BrN3O4S2. The fourth-order valence-electron chi connectivity index (χ4n) is 1.62. The van der Waals surface area contributed by atoms with Crippen LogP contribution in [0.25, 0.3) is 0 Å². The van der Waals surface area contributed by atoms with Gasteiger partial charge in [0.25, 0.3) is 17.5 Å². The standard InChI is InChI=1S/C14H12BrN3O4S2/c1-8(23-10-4-2-9(3-5-10)18(21)22)13(19)16-17-14(20)11-6-7-12(15)24-11/h2-8H,1H3,(H,16,19)(H,17,20). The summed E-state index contributed by atoms with van der Waals surface area (Å²) in [5, 5.41) is 10.1. The van der Waals surface area contributed by atoms with Gasteiger partial charge in [-0.15, -0.1) is 23.1 Å². The van der Waals surface area contributed by atoms with Crippen LogP contribution in [0.5, 0.6) is 0 Å². The summed E-state index contributed by atoms with van der Waals surface area (Å²) >= 11 is 5.75. The van der Waals surface area contributed by atoms with Gasteiger partial charge in [0.1, 0.15) is 0 Å². The highest BCUT2D eigenvalue weighted by molar-refractivity contribution is 9.11. The van der Waals surface area contributed by atoms with E-state index in [2.05, 4.69) is 26.8 Å². The average Bonchev–Trinajstić information content (AvgIpc) is 2.99. The number of hydrogen-bond acceptors (Lipinski definition) is 6. The SMILES string of the molecule is CC(Sc1ccc([N+](=O)[O-])cc1)C(=O)NNC(=O)c1ccc(Br)s1. The number of rotatable bonds is 5.